The van der Waals surface area contributed by atoms with Gasteiger partial charge in [0.1, 0.15) is 0 Å². The zero-order valence-electron chi connectivity index (χ0n) is 12.2. The summed E-state index contributed by atoms with van der Waals surface area (Å²) in [5.41, 5.74) is -0.228. The molecule has 0 saturated carbocycles. The van der Waals surface area contributed by atoms with E-state index in [9.17, 15) is 4.79 Å². The zero-order chi connectivity index (χ0) is 14.8. The highest BCUT2D eigenvalue weighted by Gasteiger charge is 2.33. The molecule has 1 atom stereocenters. The number of carbonyl (C=O) groups is 1. The van der Waals surface area contributed by atoms with Crippen LogP contribution in [0.3, 0.4) is 0 Å². The topological polar surface area (TPSA) is 90.1 Å². The summed E-state index contributed by atoms with van der Waals surface area (Å²) in [5.74, 6) is 0.199. The van der Waals surface area contributed by atoms with Crippen molar-refractivity contribution in [1.82, 2.24) is 20.2 Å². The average Bonchev–Trinajstić information content (AvgIpc) is 2.84. The summed E-state index contributed by atoms with van der Waals surface area (Å²) in [4.78, 5) is 11.1. The molecule has 0 aromatic carbocycles. The van der Waals surface area contributed by atoms with Crippen LogP contribution in [-0.2, 0) is 9.53 Å². The number of aliphatic carboxylic acids is 1. The van der Waals surface area contributed by atoms with E-state index in [-0.39, 0.29) is 23.8 Å². The minimum atomic E-state index is -0.835. The molecule has 2 rings (SSSR count). The highest BCUT2D eigenvalue weighted by atomic mass is 16.5. The van der Waals surface area contributed by atoms with Crippen molar-refractivity contribution >= 4 is 5.97 Å². The third kappa shape index (κ3) is 3.33. The Morgan fingerprint density at radius 3 is 2.65 bits per heavy atom. The third-order valence-electron chi connectivity index (χ3n) is 3.77. The number of hydrogen-bond acceptors (Lipinski definition) is 5. The van der Waals surface area contributed by atoms with E-state index in [1.54, 1.807) is 4.68 Å². The van der Waals surface area contributed by atoms with Crippen molar-refractivity contribution in [3.8, 4) is 0 Å². The number of carboxylic acids is 1. The van der Waals surface area contributed by atoms with Crippen molar-refractivity contribution in [1.29, 1.82) is 0 Å². The summed E-state index contributed by atoms with van der Waals surface area (Å²) in [5, 5.41) is 21.1. The van der Waals surface area contributed by atoms with E-state index >= 15 is 0 Å². The largest absolute Gasteiger partial charge is 0.481 e. The second-order valence-electron chi connectivity index (χ2n) is 6.35. The maximum atomic E-state index is 11.1. The van der Waals surface area contributed by atoms with Crippen molar-refractivity contribution < 1.29 is 14.6 Å². The van der Waals surface area contributed by atoms with E-state index in [0.29, 0.717) is 13.2 Å². The molecular formula is C13H22N4O3. The molecule has 1 unspecified atom stereocenters. The summed E-state index contributed by atoms with van der Waals surface area (Å²) >= 11 is 0. The fourth-order valence-electron chi connectivity index (χ4n) is 2.57. The monoisotopic (exact) mass is 282 g/mol. The van der Waals surface area contributed by atoms with E-state index in [1.807, 2.05) is 20.8 Å². The fourth-order valence-corrected chi connectivity index (χ4v) is 2.57. The average molecular weight is 282 g/mol. The van der Waals surface area contributed by atoms with E-state index in [2.05, 4.69) is 15.5 Å². The Morgan fingerprint density at radius 2 is 2.10 bits per heavy atom. The Bertz CT molecular complexity index is 460. The Balaban J connectivity index is 2.29. The lowest BCUT2D eigenvalue weighted by Crippen LogP contribution is -2.30. The molecule has 20 heavy (non-hydrogen) atoms. The van der Waals surface area contributed by atoms with Gasteiger partial charge in [0.15, 0.2) is 5.82 Å². The Kier molecular flexibility index (Phi) is 4.37. The second-order valence-corrected chi connectivity index (χ2v) is 6.35. The number of nitrogens with zero attached hydrogens (tertiary/aromatic N) is 4. The molecule has 1 aliphatic rings. The molecule has 0 spiro atoms. The lowest BCUT2D eigenvalue weighted by Gasteiger charge is -2.31. The van der Waals surface area contributed by atoms with Crippen molar-refractivity contribution in [2.24, 2.45) is 5.41 Å². The van der Waals surface area contributed by atoms with Gasteiger partial charge in [-0.2, -0.15) is 0 Å². The molecule has 0 radical (unpaired) electrons. The van der Waals surface area contributed by atoms with Gasteiger partial charge in [0.05, 0.1) is 12.5 Å². The van der Waals surface area contributed by atoms with Crippen LogP contribution in [0.1, 0.15) is 57.8 Å². The van der Waals surface area contributed by atoms with Gasteiger partial charge in [-0.05, 0) is 28.7 Å². The van der Waals surface area contributed by atoms with Gasteiger partial charge in [0.25, 0.3) is 0 Å². The van der Waals surface area contributed by atoms with E-state index in [4.69, 9.17) is 9.84 Å². The van der Waals surface area contributed by atoms with Crippen LogP contribution in [-0.4, -0.2) is 44.5 Å². The SMILES string of the molecule is CC(C)(C)C(CC(=O)O)n1nnnc1C1CCOCC1. The summed E-state index contributed by atoms with van der Waals surface area (Å²) in [6.45, 7) is 7.44. The Hall–Kier alpha value is -1.50. The van der Waals surface area contributed by atoms with Crippen molar-refractivity contribution in [3.63, 3.8) is 0 Å². The first-order chi connectivity index (χ1) is 9.39. The number of tetrazole rings is 1. The van der Waals surface area contributed by atoms with Crippen LogP contribution in [0, 0.1) is 5.41 Å². The smallest absolute Gasteiger partial charge is 0.305 e. The lowest BCUT2D eigenvalue weighted by molar-refractivity contribution is -0.139. The molecule has 1 aromatic rings. The first kappa shape index (κ1) is 14.9. The predicted molar refractivity (Wildman–Crippen MR) is 71.4 cm³/mol. The molecular weight excluding hydrogens is 260 g/mol. The predicted octanol–water partition coefficient (Wildman–Crippen LogP) is 1.63. The van der Waals surface area contributed by atoms with Crippen molar-refractivity contribution in [3.05, 3.63) is 5.82 Å². The van der Waals surface area contributed by atoms with Gasteiger partial charge in [-0.25, -0.2) is 4.68 Å². The van der Waals surface area contributed by atoms with Gasteiger partial charge in [-0.1, -0.05) is 20.8 Å². The number of hydrogen-bond donors (Lipinski definition) is 1. The maximum Gasteiger partial charge on any atom is 0.305 e. The second kappa shape index (κ2) is 5.87. The molecule has 1 N–H and O–H groups in total. The fraction of sp³-hybridized carbons (Fsp3) is 0.846. The molecule has 1 saturated heterocycles. The zero-order valence-corrected chi connectivity index (χ0v) is 12.2. The van der Waals surface area contributed by atoms with Crippen LogP contribution < -0.4 is 0 Å². The van der Waals surface area contributed by atoms with Crippen molar-refractivity contribution in [2.45, 2.75) is 52.0 Å². The summed E-state index contributed by atoms with van der Waals surface area (Å²) in [7, 11) is 0. The molecule has 7 nitrogen and oxygen atoms in total. The first-order valence-corrected chi connectivity index (χ1v) is 6.97. The van der Waals surface area contributed by atoms with E-state index in [0.717, 1.165) is 18.7 Å². The molecule has 0 amide bonds. The highest BCUT2D eigenvalue weighted by molar-refractivity contribution is 5.67. The van der Waals surface area contributed by atoms with Gasteiger partial charge in [-0.3, -0.25) is 4.79 Å². The molecule has 2 heterocycles. The van der Waals surface area contributed by atoms with Crippen LogP contribution in [0.2, 0.25) is 0 Å². The van der Waals surface area contributed by atoms with Gasteiger partial charge in [0.2, 0.25) is 0 Å². The van der Waals surface area contributed by atoms with Crippen LogP contribution in [0.25, 0.3) is 0 Å². The van der Waals surface area contributed by atoms with Crippen LogP contribution in [0.5, 0.6) is 0 Å². The summed E-state index contributed by atoms with van der Waals surface area (Å²) in [6.07, 6.45) is 1.78. The lowest BCUT2D eigenvalue weighted by atomic mass is 9.84. The first-order valence-electron chi connectivity index (χ1n) is 6.97. The normalized spacial score (nSPS) is 18.9. The summed E-state index contributed by atoms with van der Waals surface area (Å²) in [6, 6.07) is -0.257. The molecule has 0 aliphatic carbocycles. The standard InChI is InChI=1S/C13H22N4O3/c1-13(2,3)10(8-11(18)19)17-12(14-15-16-17)9-4-6-20-7-5-9/h9-10H,4-8H2,1-3H3,(H,18,19). The molecule has 1 fully saturated rings. The Morgan fingerprint density at radius 1 is 1.45 bits per heavy atom. The van der Waals surface area contributed by atoms with E-state index < -0.39 is 5.97 Å². The minimum Gasteiger partial charge on any atom is -0.481 e. The van der Waals surface area contributed by atoms with Gasteiger partial charge < -0.3 is 9.84 Å². The molecule has 112 valence electrons. The van der Waals surface area contributed by atoms with E-state index in [1.165, 1.54) is 0 Å². The highest BCUT2D eigenvalue weighted by Crippen LogP contribution is 2.36. The maximum absolute atomic E-state index is 11.1. The number of ether oxygens (including phenoxy) is 1. The molecule has 0 bridgehead atoms. The number of rotatable bonds is 4. The molecule has 1 aromatic heterocycles. The minimum absolute atomic E-state index is 0.0186. The Labute approximate surface area is 118 Å². The molecule has 1 aliphatic heterocycles. The molecule has 7 heteroatoms. The van der Waals surface area contributed by atoms with Crippen LogP contribution in [0.15, 0.2) is 0 Å². The van der Waals surface area contributed by atoms with Crippen molar-refractivity contribution in [2.75, 3.05) is 13.2 Å². The summed E-state index contributed by atoms with van der Waals surface area (Å²) < 4.78 is 7.07. The van der Waals surface area contributed by atoms with Gasteiger partial charge in [-0.15, -0.1) is 5.10 Å². The number of carboxylic acid groups (broad SMARTS) is 1. The van der Waals surface area contributed by atoms with Gasteiger partial charge >= 0.3 is 5.97 Å². The van der Waals surface area contributed by atoms with Crippen LogP contribution in [0.4, 0.5) is 0 Å². The van der Waals surface area contributed by atoms with Gasteiger partial charge in [0, 0.05) is 19.1 Å². The third-order valence-corrected chi connectivity index (χ3v) is 3.77. The number of aromatic nitrogens is 4. The quantitative estimate of drug-likeness (QED) is 0.902. The van der Waals surface area contributed by atoms with Crippen LogP contribution >= 0.6 is 0 Å².